The quantitative estimate of drug-likeness (QED) is 0.618. The molecule has 74 valence electrons. The first-order chi connectivity index (χ1) is 6.59. The van der Waals surface area contributed by atoms with E-state index in [0.29, 0.717) is 11.4 Å². The first-order valence-corrected chi connectivity index (χ1v) is 4.46. The molecule has 0 saturated heterocycles. The molecule has 1 aromatic rings. The third kappa shape index (κ3) is 2.71. The van der Waals surface area contributed by atoms with Crippen molar-refractivity contribution in [3.05, 3.63) is 34.9 Å². The van der Waals surface area contributed by atoms with Gasteiger partial charge in [-0.15, -0.1) is 0 Å². The summed E-state index contributed by atoms with van der Waals surface area (Å²) in [6, 6.07) is 8.92. The van der Waals surface area contributed by atoms with E-state index in [1.807, 2.05) is 6.07 Å². The number of nitriles is 1. The molecule has 0 aromatic heterocycles. The highest BCUT2D eigenvalue weighted by Crippen LogP contribution is 2.17. The molecule has 0 aliphatic rings. The van der Waals surface area contributed by atoms with Gasteiger partial charge in [-0.25, -0.2) is 4.89 Å². The molecule has 1 N–H and O–H groups in total. The molecular weight excluding hydrogens is 202 g/mol. The minimum absolute atomic E-state index is 0.317. The van der Waals surface area contributed by atoms with Crippen LogP contribution in [0.4, 0.5) is 0 Å². The lowest BCUT2D eigenvalue weighted by Crippen LogP contribution is -2.28. The smallest absolute Gasteiger partial charge is 0.190 e. The topological polar surface area (TPSA) is 53.2 Å². The molecule has 3 nitrogen and oxygen atoms in total. The third-order valence-corrected chi connectivity index (χ3v) is 2.14. The third-order valence-electron chi connectivity index (χ3n) is 1.89. The largest absolute Gasteiger partial charge is 0.250 e. The summed E-state index contributed by atoms with van der Waals surface area (Å²) in [5, 5.41) is 17.9. The van der Waals surface area contributed by atoms with E-state index in [0.717, 1.165) is 5.56 Å². The summed E-state index contributed by atoms with van der Waals surface area (Å²) >= 11 is 5.71. The summed E-state index contributed by atoms with van der Waals surface area (Å²) in [7, 11) is 0. The molecule has 0 heterocycles. The second-order valence-corrected chi connectivity index (χ2v) is 3.67. The molecule has 0 aliphatic heterocycles. The summed E-state index contributed by atoms with van der Waals surface area (Å²) in [6.45, 7) is 1.52. The lowest BCUT2D eigenvalue weighted by molar-refractivity contribution is -0.299. The van der Waals surface area contributed by atoms with Gasteiger partial charge >= 0.3 is 0 Å². The van der Waals surface area contributed by atoms with Gasteiger partial charge in [0.25, 0.3) is 0 Å². The van der Waals surface area contributed by atoms with Crippen LogP contribution < -0.4 is 0 Å². The van der Waals surface area contributed by atoms with Crippen molar-refractivity contribution in [2.24, 2.45) is 0 Å². The Balaban J connectivity index is 2.79. The molecule has 0 radical (unpaired) electrons. The zero-order valence-electron chi connectivity index (χ0n) is 7.70. The Labute approximate surface area is 87.4 Å². The summed E-state index contributed by atoms with van der Waals surface area (Å²) in [5.41, 5.74) is -0.319. The molecule has 0 amide bonds. The van der Waals surface area contributed by atoms with Crippen molar-refractivity contribution in [2.75, 3.05) is 0 Å². The van der Waals surface area contributed by atoms with Crippen molar-refractivity contribution < 1.29 is 10.1 Å². The highest BCUT2D eigenvalue weighted by atomic mass is 35.5. The Kier molecular flexibility index (Phi) is 3.48. The molecule has 4 heteroatoms. The van der Waals surface area contributed by atoms with Crippen molar-refractivity contribution in [2.45, 2.75) is 18.9 Å². The molecule has 14 heavy (non-hydrogen) atoms. The van der Waals surface area contributed by atoms with Crippen LogP contribution in [0.1, 0.15) is 12.5 Å². The standard InChI is InChI=1S/C10H10ClNO2/c1-10(7-12,14-13)6-8-2-4-9(11)5-3-8/h2-5,13H,6H2,1H3/t10-/m1/s1. The van der Waals surface area contributed by atoms with Crippen LogP contribution in [0, 0.1) is 11.3 Å². The minimum Gasteiger partial charge on any atom is -0.250 e. The van der Waals surface area contributed by atoms with E-state index in [1.54, 1.807) is 24.3 Å². The van der Waals surface area contributed by atoms with E-state index in [9.17, 15) is 0 Å². The zero-order valence-corrected chi connectivity index (χ0v) is 8.45. The van der Waals surface area contributed by atoms with Gasteiger partial charge in [-0.3, -0.25) is 5.26 Å². The summed E-state index contributed by atoms with van der Waals surface area (Å²) in [5.74, 6) is 0. The van der Waals surface area contributed by atoms with Crippen molar-refractivity contribution >= 4 is 11.6 Å². The van der Waals surface area contributed by atoms with Gasteiger partial charge in [0.1, 0.15) is 6.07 Å². The number of benzene rings is 1. The fraction of sp³-hybridized carbons (Fsp3) is 0.300. The van der Waals surface area contributed by atoms with E-state index in [-0.39, 0.29) is 0 Å². The maximum absolute atomic E-state index is 8.74. The van der Waals surface area contributed by atoms with E-state index in [4.69, 9.17) is 22.1 Å². The Morgan fingerprint density at radius 2 is 2.07 bits per heavy atom. The Bertz CT molecular complexity index is 344. The predicted molar refractivity (Wildman–Crippen MR) is 52.9 cm³/mol. The summed E-state index contributed by atoms with van der Waals surface area (Å²) < 4.78 is 0. The number of hydrogen-bond donors (Lipinski definition) is 1. The van der Waals surface area contributed by atoms with Crippen LogP contribution in [0.3, 0.4) is 0 Å². The highest BCUT2D eigenvalue weighted by Gasteiger charge is 2.25. The predicted octanol–water partition coefficient (Wildman–Crippen LogP) is 2.65. The number of nitrogens with zero attached hydrogens (tertiary/aromatic N) is 1. The molecule has 0 unspecified atom stereocenters. The zero-order chi connectivity index (χ0) is 10.6. The molecule has 0 spiro atoms. The normalized spacial score (nSPS) is 14.4. The average Bonchev–Trinajstić information content (AvgIpc) is 2.21. The molecule has 1 atom stereocenters. The van der Waals surface area contributed by atoms with Crippen LogP contribution in [0.2, 0.25) is 5.02 Å². The second kappa shape index (κ2) is 4.43. The van der Waals surface area contributed by atoms with Gasteiger partial charge in [0.2, 0.25) is 0 Å². The van der Waals surface area contributed by atoms with E-state index >= 15 is 0 Å². The van der Waals surface area contributed by atoms with Crippen LogP contribution in [0.5, 0.6) is 0 Å². The van der Waals surface area contributed by atoms with Gasteiger partial charge in [0.05, 0.1) is 0 Å². The SMILES string of the molecule is C[C@](C#N)(Cc1ccc(Cl)cc1)OO. The van der Waals surface area contributed by atoms with Crippen LogP contribution in [-0.4, -0.2) is 10.9 Å². The van der Waals surface area contributed by atoms with Gasteiger partial charge in [-0.2, -0.15) is 5.26 Å². The van der Waals surface area contributed by atoms with Crippen LogP contribution in [0.25, 0.3) is 0 Å². The Hall–Kier alpha value is -1.08. The molecule has 0 bridgehead atoms. The van der Waals surface area contributed by atoms with E-state index in [1.165, 1.54) is 6.92 Å². The molecular formula is C10H10ClNO2. The molecule has 1 aromatic carbocycles. The fourth-order valence-electron chi connectivity index (χ4n) is 1.08. The van der Waals surface area contributed by atoms with Crippen LogP contribution in [0.15, 0.2) is 24.3 Å². The summed E-state index contributed by atoms with van der Waals surface area (Å²) in [4.78, 5) is 4.13. The molecule has 0 aliphatic carbocycles. The number of rotatable bonds is 3. The van der Waals surface area contributed by atoms with Crippen LogP contribution in [-0.2, 0) is 11.3 Å². The maximum atomic E-state index is 8.74. The van der Waals surface area contributed by atoms with Crippen molar-refractivity contribution in [1.82, 2.24) is 0 Å². The van der Waals surface area contributed by atoms with E-state index < -0.39 is 5.60 Å². The lowest BCUT2D eigenvalue weighted by atomic mass is 9.98. The lowest BCUT2D eigenvalue weighted by Gasteiger charge is -2.16. The molecule has 0 fully saturated rings. The first-order valence-electron chi connectivity index (χ1n) is 4.08. The monoisotopic (exact) mass is 211 g/mol. The maximum Gasteiger partial charge on any atom is 0.190 e. The first kappa shape index (κ1) is 11.0. The second-order valence-electron chi connectivity index (χ2n) is 3.24. The number of halogens is 1. The van der Waals surface area contributed by atoms with Gasteiger partial charge in [0, 0.05) is 11.4 Å². The van der Waals surface area contributed by atoms with Crippen molar-refractivity contribution in [1.29, 1.82) is 5.26 Å². The number of hydrogen-bond acceptors (Lipinski definition) is 3. The Morgan fingerprint density at radius 1 is 1.50 bits per heavy atom. The van der Waals surface area contributed by atoms with Gasteiger partial charge < -0.3 is 0 Å². The van der Waals surface area contributed by atoms with Crippen molar-refractivity contribution in [3.8, 4) is 6.07 Å². The average molecular weight is 212 g/mol. The van der Waals surface area contributed by atoms with Gasteiger partial charge in [-0.1, -0.05) is 23.7 Å². The minimum atomic E-state index is -1.20. The highest BCUT2D eigenvalue weighted by molar-refractivity contribution is 6.30. The molecule has 0 saturated carbocycles. The molecule has 1 rings (SSSR count). The van der Waals surface area contributed by atoms with Gasteiger partial charge in [0.15, 0.2) is 5.60 Å². The van der Waals surface area contributed by atoms with Crippen molar-refractivity contribution in [3.63, 3.8) is 0 Å². The summed E-state index contributed by atoms with van der Waals surface area (Å²) in [6.07, 6.45) is 0.317. The van der Waals surface area contributed by atoms with Gasteiger partial charge in [-0.05, 0) is 24.6 Å². The van der Waals surface area contributed by atoms with E-state index in [2.05, 4.69) is 4.89 Å². The van der Waals surface area contributed by atoms with Crippen LogP contribution >= 0.6 is 11.6 Å². The fourth-order valence-corrected chi connectivity index (χ4v) is 1.21. The Morgan fingerprint density at radius 3 is 2.50 bits per heavy atom.